The summed E-state index contributed by atoms with van der Waals surface area (Å²) >= 11 is 0. The third-order valence-corrected chi connectivity index (χ3v) is 2.36. The second-order valence-electron chi connectivity index (χ2n) is 5.12. The summed E-state index contributed by atoms with van der Waals surface area (Å²) in [6, 6.07) is 0.550. The van der Waals surface area contributed by atoms with Crippen LogP contribution in [0.1, 0.15) is 27.7 Å². The smallest absolute Gasteiger partial charge is 0.221 e. The fraction of sp³-hybridized carbons (Fsp3) is 0.833. The van der Waals surface area contributed by atoms with E-state index in [1.54, 1.807) is 0 Å². The summed E-state index contributed by atoms with van der Waals surface area (Å²) in [7, 11) is 7.73. The Morgan fingerprint density at radius 3 is 1.47 bits per heavy atom. The van der Waals surface area contributed by atoms with Gasteiger partial charge in [-0.2, -0.15) is 4.99 Å². The Hall–Kier alpha value is -1.26. The van der Waals surface area contributed by atoms with Crippen molar-refractivity contribution < 1.29 is 0 Å². The SMILES string of the molecule is CC(C)N(C(=N)N=C(N(C)C)N(C)C)C(C)C. The van der Waals surface area contributed by atoms with Gasteiger partial charge in [0.15, 0.2) is 0 Å². The molecule has 5 nitrogen and oxygen atoms in total. The third-order valence-electron chi connectivity index (χ3n) is 2.36. The molecule has 0 unspecified atom stereocenters. The van der Waals surface area contributed by atoms with Crippen molar-refractivity contribution in [2.75, 3.05) is 28.2 Å². The van der Waals surface area contributed by atoms with Crippen molar-refractivity contribution in [3.63, 3.8) is 0 Å². The topological polar surface area (TPSA) is 45.9 Å². The number of guanidine groups is 2. The minimum absolute atomic E-state index is 0.275. The van der Waals surface area contributed by atoms with E-state index >= 15 is 0 Å². The van der Waals surface area contributed by atoms with Gasteiger partial charge in [0, 0.05) is 40.3 Å². The zero-order valence-corrected chi connectivity index (χ0v) is 12.4. The summed E-state index contributed by atoms with van der Waals surface area (Å²) in [5.74, 6) is 1.09. The standard InChI is InChI=1S/C12H27N5/c1-9(2)17(10(3)4)11(13)14-12(15(5)6)16(7)8/h9-10,13H,1-8H3. The molecule has 0 aliphatic heterocycles. The molecule has 0 saturated carbocycles. The van der Waals surface area contributed by atoms with Crippen LogP contribution in [0.3, 0.4) is 0 Å². The quantitative estimate of drug-likeness (QED) is 0.589. The van der Waals surface area contributed by atoms with Gasteiger partial charge in [0.25, 0.3) is 0 Å². The van der Waals surface area contributed by atoms with Crippen molar-refractivity contribution >= 4 is 11.9 Å². The molecule has 0 aliphatic carbocycles. The molecule has 0 bridgehead atoms. The van der Waals surface area contributed by atoms with Crippen LogP contribution in [0, 0.1) is 5.41 Å². The van der Waals surface area contributed by atoms with Gasteiger partial charge in [-0.15, -0.1) is 0 Å². The maximum Gasteiger partial charge on any atom is 0.221 e. The van der Waals surface area contributed by atoms with Crippen molar-refractivity contribution in [3.05, 3.63) is 0 Å². The number of aliphatic imine (C=N–C) groups is 1. The minimum Gasteiger partial charge on any atom is -0.349 e. The van der Waals surface area contributed by atoms with Gasteiger partial charge in [0.05, 0.1) is 0 Å². The van der Waals surface area contributed by atoms with Crippen LogP contribution in [0.2, 0.25) is 0 Å². The largest absolute Gasteiger partial charge is 0.349 e. The van der Waals surface area contributed by atoms with Crippen LogP contribution in [0.25, 0.3) is 0 Å². The molecule has 0 amide bonds. The van der Waals surface area contributed by atoms with Crippen molar-refractivity contribution in [2.45, 2.75) is 39.8 Å². The van der Waals surface area contributed by atoms with E-state index in [2.05, 4.69) is 32.7 Å². The van der Waals surface area contributed by atoms with Crippen molar-refractivity contribution in [2.24, 2.45) is 4.99 Å². The molecular weight excluding hydrogens is 214 g/mol. The number of rotatable bonds is 2. The van der Waals surface area contributed by atoms with E-state index < -0.39 is 0 Å². The van der Waals surface area contributed by atoms with E-state index in [1.165, 1.54) is 0 Å². The Morgan fingerprint density at radius 1 is 0.882 bits per heavy atom. The first-order valence-corrected chi connectivity index (χ1v) is 5.98. The fourth-order valence-corrected chi connectivity index (χ4v) is 1.84. The van der Waals surface area contributed by atoms with Gasteiger partial charge in [0.2, 0.25) is 11.9 Å². The minimum atomic E-state index is 0.275. The van der Waals surface area contributed by atoms with Crippen molar-refractivity contribution in [3.8, 4) is 0 Å². The predicted molar refractivity (Wildman–Crippen MR) is 74.6 cm³/mol. The summed E-state index contributed by atoms with van der Waals surface area (Å²) < 4.78 is 0. The van der Waals surface area contributed by atoms with Gasteiger partial charge in [0.1, 0.15) is 0 Å². The Bertz CT molecular complexity index is 261. The lowest BCUT2D eigenvalue weighted by atomic mass is 10.2. The second-order valence-corrected chi connectivity index (χ2v) is 5.12. The highest BCUT2D eigenvalue weighted by atomic mass is 15.4. The Labute approximate surface area is 106 Å². The van der Waals surface area contributed by atoms with E-state index in [0.717, 1.165) is 5.96 Å². The first-order valence-electron chi connectivity index (χ1n) is 5.98. The molecule has 0 rings (SSSR count). The van der Waals surface area contributed by atoms with E-state index in [4.69, 9.17) is 5.41 Å². The highest BCUT2D eigenvalue weighted by molar-refractivity contribution is 5.93. The fourth-order valence-electron chi connectivity index (χ4n) is 1.84. The zero-order chi connectivity index (χ0) is 13.7. The van der Waals surface area contributed by atoms with Crippen molar-refractivity contribution in [1.29, 1.82) is 5.41 Å². The molecule has 1 N–H and O–H groups in total. The average Bonchev–Trinajstić information content (AvgIpc) is 2.11. The van der Waals surface area contributed by atoms with Crippen LogP contribution in [0.5, 0.6) is 0 Å². The zero-order valence-electron chi connectivity index (χ0n) is 12.4. The molecule has 5 heteroatoms. The molecule has 0 aliphatic rings. The molecule has 0 radical (unpaired) electrons. The molecule has 0 aromatic heterocycles. The van der Waals surface area contributed by atoms with Gasteiger partial charge < -0.3 is 14.7 Å². The lowest BCUT2D eigenvalue weighted by Gasteiger charge is -2.32. The monoisotopic (exact) mass is 241 g/mol. The maximum atomic E-state index is 8.11. The summed E-state index contributed by atoms with van der Waals surface area (Å²) in [6.07, 6.45) is 0. The van der Waals surface area contributed by atoms with Gasteiger partial charge >= 0.3 is 0 Å². The van der Waals surface area contributed by atoms with Gasteiger partial charge in [-0.1, -0.05) is 0 Å². The van der Waals surface area contributed by atoms with Crippen molar-refractivity contribution in [1.82, 2.24) is 14.7 Å². The molecule has 0 aromatic rings. The van der Waals surface area contributed by atoms with E-state index in [0.29, 0.717) is 5.96 Å². The Balaban J connectivity index is 5.07. The van der Waals surface area contributed by atoms with E-state index in [9.17, 15) is 0 Å². The Morgan fingerprint density at radius 2 is 1.24 bits per heavy atom. The van der Waals surface area contributed by atoms with E-state index in [-0.39, 0.29) is 12.1 Å². The third kappa shape index (κ3) is 4.63. The van der Waals surface area contributed by atoms with Crippen LogP contribution in [-0.4, -0.2) is 66.9 Å². The summed E-state index contributed by atoms with van der Waals surface area (Å²) in [5.41, 5.74) is 0. The lowest BCUT2D eigenvalue weighted by Crippen LogP contribution is -2.43. The Kier molecular flexibility index (Phi) is 5.99. The predicted octanol–water partition coefficient (Wildman–Crippen LogP) is 1.52. The number of hydrogen-bond donors (Lipinski definition) is 1. The molecular formula is C12H27N5. The van der Waals surface area contributed by atoms with Crippen LogP contribution < -0.4 is 0 Å². The van der Waals surface area contributed by atoms with Crippen LogP contribution in [-0.2, 0) is 0 Å². The number of nitrogens with one attached hydrogen (secondary N) is 1. The van der Waals surface area contributed by atoms with Crippen LogP contribution in [0.15, 0.2) is 4.99 Å². The molecule has 100 valence electrons. The lowest BCUT2D eigenvalue weighted by molar-refractivity contribution is 0.286. The van der Waals surface area contributed by atoms with Gasteiger partial charge in [-0.3, -0.25) is 5.41 Å². The molecule has 0 atom stereocenters. The maximum absolute atomic E-state index is 8.11. The van der Waals surface area contributed by atoms with E-state index in [1.807, 2.05) is 42.9 Å². The molecule has 0 spiro atoms. The molecule has 0 saturated heterocycles. The highest BCUT2D eigenvalue weighted by Gasteiger charge is 2.18. The molecule has 0 aromatic carbocycles. The summed E-state index contributed by atoms with van der Waals surface area (Å²) in [4.78, 5) is 10.2. The van der Waals surface area contributed by atoms with Crippen LogP contribution >= 0.6 is 0 Å². The second kappa shape index (κ2) is 6.47. The number of nitrogens with zero attached hydrogens (tertiary/aromatic N) is 4. The molecule has 0 heterocycles. The van der Waals surface area contributed by atoms with Crippen LogP contribution in [0.4, 0.5) is 0 Å². The normalized spacial score (nSPS) is 10.5. The molecule has 0 fully saturated rings. The average molecular weight is 241 g/mol. The van der Waals surface area contributed by atoms with Gasteiger partial charge in [-0.05, 0) is 27.7 Å². The highest BCUT2D eigenvalue weighted by Crippen LogP contribution is 2.07. The summed E-state index contributed by atoms with van der Waals surface area (Å²) in [5, 5.41) is 8.11. The molecule has 17 heavy (non-hydrogen) atoms. The first kappa shape index (κ1) is 15.7. The first-order chi connectivity index (χ1) is 7.68. The van der Waals surface area contributed by atoms with Gasteiger partial charge in [-0.25, -0.2) is 0 Å². The summed E-state index contributed by atoms with van der Waals surface area (Å²) in [6.45, 7) is 8.31. The number of hydrogen-bond acceptors (Lipinski definition) is 1.